The van der Waals surface area contributed by atoms with Crippen molar-refractivity contribution in [2.24, 2.45) is 5.41 Å². The van der Waals surface area contributed by atoms with Gasteiger partial charge in [-0.25, -0.2) is 4.98 Å². The monoisotopic (exact) mass is 365 g/mol. The molecule has 1 aromatic carbocycles. The molecule has 0 aliphatic rings. The fourth-order valence-electron chi connectivity index (χ4n) is 2.56. The minimum absolute atomic E-state index is 0.0114. The Bertz CT molecular complexity index is 750. The molecule has 0 aliphatic heterocycles. The number of aryl methyl sites for hydroxylation is 1. The topological polar surface area (TPSA) is 67.3 Å². The number of thiazole rings is 1. The van der Waals surface area contributed by atoms with Gasteiger partial charge in [0.05, 0.1) is 12.1 Å². The number of halogens is 1. The molecule has 6 heteroatoms. The third kappa shape index (κ3) is 5.14. The normalized spacial score (nSPS) is 11.5. The summed E-state index contributed by atoms with van der Waals surface area (Å²) in [5.74, 6) is -0.875. The highest BCUT2D eigenvalue weighted by Gasteiger charge is 2.26. The second-order valence-corrected chi connectivity index (χ2v) is 8.30. The second kappa shape index (κ2) is 7.45. The molecule has 1 heterocycles. The Morgan fingerprint density at radius 1 is 1.21 bits per heavy atom. The van der Waals surface area contributed by atoms with Crippen molar-refractivity contribution in [3.8, 4) is 10.6 Å². The predicted molar refractivity (Wildman–Crippen MR) is 96.7 cm³/mol. The highest BCUT2D eigenvalue weighted by Crippen LogP contribution is 2.30. The predicted octanol–water partition coefficient (Wildman–Crippen LogP) is 4.77. The first-order chi connectivity index (χ1) is 11.2. The average molecular weight is 366 g/mol. The number of carboxylic acids is 1. The van der Waals surface area contributed by atoms with Gasteiger partial charge < -0.3 is 5.11 Å². The van der Waals surface area contributed by atoms with Gasteiger partial charge in [0.1, 0.15) is 10.8 Å². The largest absolute Gasteiger partial charge is 0.481 e. The summed E-state index contributed by atoms with van der Waals surface area (Å²) in [5.41, 5.74) is 1.18. The van der Waals surface area contributed by atoms with Crippen LogP contribution in [0.15, 0.2) is 24.3 Å². The van der Waals surface area contributed by atoms with E-state index < -0.39 is 11.4 Å². The molecule has 0 amide bonds. The Kier molecular flexibility index (Phi) is 5.78. The number of Topliss-reactive ketones (excluding diaryl/α,β-unsaturated/α-hetero) is 1. The summed E-state index contributed by atoms with van der Waals surface area (Å²) in [4.78, 5) is 28.8. The molecule has 128 valence electrons. The van der Waals surface area contributed by atoms with Crippen LogP contribution < -0.4 is 0 Å². The van der Waals surface area contributed by atoms with Crippen LogP contribution in [0.25, 0.3) is 10.6 Å². The lowest BCUT2D eigenvalue weighted by atomic mass is 9.83. The van der Waals surface area contributed by atoms with E-state index in [2.05, 4.69) is 4.98 Å². The fourth-order valence-corrected chi connectivity index (χ4v) is 3.62. The Hall–Kier alpha value is -1.72. The first-order valence-corrected chi connectivity index (χ1v) is 8.81. The molecule has 1 N–H and O–H groups in total. The molecule has 0 fully saturated rings. The lowest BCUT2D eigenvalue weighted by Gasteiger charge is -2.21. The number of benzene rings is 1. The standard InChI is InChI=1S/C18H20ClNO3S/c1-11-15(8-14(21)9-18(2,3)10-16(22)23)20-17(24-11)12-4-6-13(19)7-5-12/h4-7H,8-10H2,1-3H3,(H,22,23). The van der Waals surface area contributed by atoms with E-state index in [1.54, 1.807) is 25.2 Å². The minimum atomic E-state index is -0.886. The third-order valence-corrected chi connectivity index (χ3v) is 4.97. The molecule has 2 rings (SSSR count). The zero-order valence-electron chi connectivity index (χ0n) is 13.9. The molecule has 1 aromatic heterocycles. The van der Waals surface area contributed by atoms with Gasteiger partial charge in [-0.15, -0.1) is 11.3 Å². The van der Waals surface area contributed by atoms with Gasteiger partial charge in [-0.05, 0) is 24.5 Å². The van der Waals surface area contributed by atoms with Crippen molar-refractivity contribution in [1.82, 2.24) is 4.98 Å². The molecule has 4 nitrogen and oxygen atoms in total. The summed E-state index contributed by atoms with van der Waals surface area (Å²) in [5, 5.41) is 10.4. The lowest BCUT2D eigenvalue weighted by Crippen LogP contribution is -2.22. The minimum Gasteiger partial charge on any atom is -0.481 e. The summed E-state index contributed by atoms with van der Waals surface area (Å²) >= 11 is 7.44. The number of hydrogen-bond donors (Lipinski definition) is 1. The molecule has 0 spiro atoms. The van der Waals surface area contributed by atoms with E-state index in [4.69, 9.17) is 16.7 Å². The third-order valence-electron chi connectivity index (χ3n) is 3.65. The molecule has 24 heavy (non-hydrogen) atoms. The van der Waals surface area contributed by atoms with Gasteiger partial charge in [0, 0.05) is 28.3 Å². The summed E-state index contributed by atoms with van der Waals surface area (Å²) in [6.07, 6.45) is 0.441. The zero-order chi connectivity index (χ0) is 17.9. The van der Waals surface area contributed by atoms with Crippen LogP contribution in [0.3, 0.4) is 0 Å². The molecule has 0 saturated carbocycles. The molecule has 0 atom stereocenters. The van der Waals surface area contributed by atoms with Crippen molar-refractivity contribution in [3.05, 3.63) is 39.9 Å². The van der Waals surface area contributed by atoms with Crippen LogP contribution in [0.5, 0.6) is 0 Å². The lowest BCUT2D eigenvalue weighted by molar-refractivity contribution is -0.139. The Morgan fingerprint density at radius 3 is 2.42 bits per heavy atom. The maximum Gasteiger partial charge on any atom is 0.303 e. The van der Waals surface area contributed by atoms with Gasteiger partial charge in [0.25, 0.3) is 0 Å². The molecule has 2 aromatic rings. The number of carbonyl (C=O) groups is 2. The highest BCUT2D eigenvalue weighted by atomic mass is 35.5. The number of carboxylic acid groups (broad SMARTS) is 1. The van der Waals surface area contributed by atoms with Crippen LogP contribution in [0.4, 0.5) is 0 Å². The van der Waals surface area contributed by atoms with Crippen molar-refractivity contribution >= 4 is 34.7 Å². The van der Waals surface area contributed by atoms with Crippen molar-refractivity contribution in [2.75, 3.05) is 0 Å². The van der Waals surface area contributed by atoms with Crippen LogP contribution in [-0.2, 0) is 16.0 Å². The highest BCUT2D eigenvalue weighted by molar-refractivity contribution is 7.15. The van der Waals surface area contributed by atoms with E-state index in [1.807, 2.05) is 31.2 Å². The summed E-state index contributed by atoms with van der Waals surface area (Å²) in [6, 6.07) is 7.43. The van der Waals surface area contributed by atoms with Gasteiger partial charge in [-0.3, -0.25) is 9.59 Å². The molecule has 0 unspecified atom stereocenters. The van der Waals surface area contributed by atoms with Gasteiger partial charge in [-0.1, -0.05) is 37.6 Å². The maximum atomic E-state index is 12.3. The van der Waals surface area contributed by atoms with E-state index in [0.717, 1.165) is 21.1 Å². The Labute approximate surface area is 150 Å². The van der Waals surface area contributed by atoms with Crippen LogP contribution in [-0.4, -0.2) is 21.8 Å². The molecule has 0 saturated heterocycles. The number of rotatable bonds is 7. The molecular formula is C18H20ClNO3S. The number of carbonyl (C=O) groups excluding carboxylic acids is 1. The van der Waals surface area contributed by atoms with Crippen LogP contribution in [0.2, 0.25) is 5.02 Å². The SMILES string of the molecule is Cc1sc(-c2ccc(Cl)cc2)nc1CC(=O)CC(C)(C)CC(=O)O. The van der Waals surface area contributed by atoms with Crippen LogP contribution in [0.1, 0.15) is 37.3 Å². The van der Waals surface area contributed by atoms with Gasteiger partial charge >= 0.3 is 5.97 Å². The van der Waals surface area contributed by atoms with Crippen molar-refractivity contribution in [2.45, 2.75) is 40.0 Å². The molecule has 0 bridgehead atoms. The number of aliphatic carboxylic acids is 1. The number of ketones is 1. The van der Waals surface area contributed by atoms with Gasteiger partial charge in [0.2, 0.25) is 0 Å². The molecule has 0 radical (unpaired) electrons. The van der Waals surface area contributed by atoms with Gasteiger partial charge in [0.15, 0.2) is 0 Å². The van der Waals surface area contributed by atoms with Crippen molar-refractivity contribution in [3.63, 3.8) is 0 Å². The fraction of sp³-hybridized carbons (Fsp3) is 0.389. The van der Waals surface area contributed by atoms with Crippen LogP contribution >= 0.6 is 22.9 Å². The quantitative estimate of drug-likeness (QED) is 0.767. The second-order valence-electron chi connectivity index (χ2n) is 6.66. The van der Waals surface area contributed by atoms with E-state index in [-0.39, 0.29) is 25.0 Å². The molecule has 0 aliphatic carbocycles. The maximum absolute atomic E-state index is 12.3. The average Bonchev–Trinajstić information content (AvgIpc) is 2.78. The van der Waals surface area contributed by atoms with Crippen molar-refractivity contribution < 1.29 is 14.7 Å². The van der Waals surface area contributed by atoms with E-state index in [1.165, 1.54) is 0 Å². The summed E-state index contributed by atoms with van der Waals surface area (Å²) in [6.45, 7) is 5.54. The molecular weight excluding hydrogens is 346 g/mol. The smallest absolute Gasteiger partial charge is 0.303 e. The first kappa shape index (κ1) is 18.6. The Morgan fingerprint density at radius 2 is 1.83 bits per heavy atom. The van der Waals surface area contributed by atoms with E-state index in [9.17, 15) is 9.59 Å². The zero-order valence-corrected chi connectivity index (χ0v) is 15.5. The summed E-state index contributed by atoms with van der Waals surface area (Å²) < 4.78 is 0. The van der Waals surface area contributed by atoms with E-state index >= 15 is 0 Å². The summed E-state index contributed by atoms with van der Waals surface area (Å²) in [7, 11) is 0. The van der Waals surface area contributed by atoms with Crippen LogP contribution in [0, 0.1) is 12.3 Å². The number of hydrogen-bond acceptors (Lipinski definition) is 4. The van der Waals surface area contributed by atoms with E-state index in [0.29, 0.717) is 5.02 Å². The van der Waals surface area contributed by atoms with Gasteiger partial charge in [-0.2, -0.15) is 0 Å². The van der Waals surface area contributed by atoms with Crippen molar-refractivity contribution in [1.29, 1.82) is 0 Å². The Balaban J connectivity index is 2.09. The number of nitrogens with zero attached hydrogens (tertiary/aromatic N) is 1. The number of aromatic nitrogens is 1. The first-order valence-electron chi connectivity index (χ1n) is 7.62.